The summed E-state index contributed by atoms with van der Waals surface area (Å²) in [6.45, 7) is 2.49. The van der Waals surface area contributed by atoms with Crippen LogP contribution in [0.25, 0.3) is 0 Å². The lowest BCUT2D eigenvalue weighted by Gasteiger charge is -2.51. The number of hydrogen-bond donors (Lipinski definition) is 2. The number of hydrogen-bond acceptors (Lipinski definition) is 2. The summed E-state index contributed by atoms with van der Waals surface area (Å²) in [6.07, 6.45) is 8.97. The molecule has 0 heterocycles. The Morgan fingerprint density at radius 1 is 1.29 bits per heavy atom. The highest BCUT2D eigenvalue weighted by Gasteiger charge is 2.54. The van der Waals surface area contributed by atoms with E-state index in [2.05, 4.69) is 13.0 Å². The molecule has 4 rings (SSSR count). The van der Waals surface area contributed by atoms with Gasteiger partial charge in [0, 0.05) is 6.42 Å². The SMILES string of the molecule is C[C@]12CC[C@@H]3c4ccc(O)cc4CC[C@H]3[C@@H]1CC[C@@H]2CCC(N)=O. The fourth-order valence-electron chi connectivity index (χ4n) is 6.47. The Labute approximate surface area is 144 Å². The molecule has 0 bridgehead atoms. The van der Waals surface area contributed by atoms with Crippen molar-refractivity contribution in [3.05, 3.63) is 29.3 Å². The standard InChI is InChI=1S/C21H29NO2/c1-21-11-10-17-16-7-5-15(23)12-13(16)2-6-18(17)19(21)8-3-14(21)4-9-20(22)24/h5,7,12,14,17-19,23H,2-4,6,8-11H2,1H3,(H2,22,24)/t14-,17-,18-,19+,21-/m1/s1. The summed E-state index contributed by atoms with van der Waals surface area (Å²) in [5, 5.41) is 9.78. The number of aryl methyl sites for hydroxylation is 1. The number of fused-ring (bicyclic) bond motifs is 5. The van der Waals surface area contributed by atoms with E-state index in [1.807, 2.05) is 12.1 Å². The maximum atomic E-state index is 11.2. The van der Waals surface area contributed by atoms with Crippen LogP contribution in [0.15, 0.2) is 18.2 Å². The minimum Gasteiger partial charge on any atom is -0.508 e. The van der Waals surface area contributed by atoms with Crippen LogP contribution in [0.4, 0.5) is 0 Å². The zero-order valence-electron chi connectivity index (χ0n) is 14.6. The maximum Gasteiger partial charge on any atom is 0.217 e. The zero-order chi connectivity index (χ0) is 16.9. The van der Waals surface area contributed by atoms with Crippen molar-refractivity contribution in [2.75, 3.05) is 0 Å². The molecule has 0 aliphatic heterocycles. The molecule has 0 radical (unpaired) electrons. The molecular formula is C21H29NO2. The van der Waals surface area contributed by atoms with E-state index in [1.165, 1.54) is 43.2 Å². The topological polar surface area (TPSA) is 63.3 Å². The van der Waals surface area contributed by atoms with Crippen molar-refractivity contribution in [1.82, 2.24) is 0 Å². The lowest BCUT2D eigenvalue weighted by Crippen LogP contribution is -2.42. The molecule has 24 heavy (non-hydrogen) atoms. The fraction of sp³-hybridized carbons (Fsp3) is 0.667. The molecule has 2 fully saturated rings. The summed E-state index contributed by atoms with van der Waals surface area (Å²) in [5.74, 6) is 3.15. The number of carbonyl (C=O) groups excluding carboxylic acids is 1. The number of nitrogens with two attached hydrogens (primary N) is 1. The number of rotatable bonds is 3. The highest BCUT2D eigenvalue weighted by molar-refractivity contribution is 5.73. The Morgan fingerprint density at radius 3 is 2.92 bits per heavy atom. The van der Waals surface area contributed by atoms with Crippen LogP contribution in [0.2, 0.25) is 0 Å². The number of carbonyl (C=O) groups is 1. The quantitative estimate of drug-likeness (QED) is 0.877. The highest BCUT2D eigenvalue weighted by Crippen LogP contribution is 2.63. The molecule has 2 saturated carbocycles. The number of benzene rings is 1. The summed E-state index contributed by atoms with van der Waals surface area (Å²) in [6, 6.07) is 6.01. The molecule has 0 spiro atoms. The highest BCUT2D eigenvalue weighted by atomic mass is 16.3. The summed E-state index contributed by atoms with van der Waals surface area (Å²) in [4.78, 5) is 11.2. The van der Waals surface area contributed by atoms with Crippen LogP contribution >= 0.6 is 0 Å². The van der Waals surface area contributed by atoms with E-state index in [-0.39, 0.29) is 5.91 Å². The lowest BCUT2D eigenvalue weighted by atomic mass is 9.54. The van der Waals surface area contributed by atoms with Crippen LogP contribution in [0.5, 0.6) is 5.75 Å². The Morgan fingerprint density at radius 2 is 2.12 bits per heavy atom. The molecule has 3 aliphatic rings. The second-order valence-electron chi connectivity index (χ2n) is 8.62. The van der Waals surface area contributed by atoms with E-state index in [0.717, 1.165) is 24.7 Å². The molecule has 0 unspecified atom stereocenters. The summed E-state index contributed by atoms with van der Waals surface area (Å²) < 4.78 is 0. The van der Waals surface area contributed by atoms with Gasteiger partial charge in [-0.3, -0.25) is 4.79 Å². The van der Waals surface area contributed by atoms with Crippen LogP contribution in [0, 0.1) is 23.2 Å². The van der Waals surface area contributed by atoms with Crippen LogP contribution in [0.3, 0.4) is 0 Å². The minimum absolute atomic E-state index is 0.151. The minimum atomic E-state index is -0.151. The fourth-order valence-corrected chi connectivity index (χ4v) is 6.47. The molecule has 0 saturated heterocycles. The van der Waals surface area contributed by atoms with Gasteiger partial charge in [-0.25, -0.2) is 0 Å². The molecule has 130 valence electrons. The number of phenolic OH excluding ortho intramolecular Hbond substituents is 1. The smallest absolute Gasteiger partial charge is 0.217 e. The predicted octanol–water partition coefficient (Wildman–Crippen LogP) is 4.13. The zero-order valence-corrected chi connectivity index (χ0v) is 14.6. The molecule has 1 aromatic rings. The largest absolute Gasteiger partial charge is 0.508 e. The first-order valence-corrected chi connectivity index (χ1v) is 9.59. The lowest BCUT2D eigenvalue weighted by molar-refractivity contribution is -0.118. The molecule has 0 aromatic heterocycles. The first kappa shape index (κ1) is 16.0. The number of amides is 1. The van der Waals surface area contributed by atoms with Crippen molar-refractivity contribution in [2.45, 2.75) is 64.2 Å². The van der Waals surface area contributed by atoms with Crippen molar-refractivity contribution in [3.63, 3.8) is 0 Å². The Kier molecular flexibility index (Phi) is 3.85. The molecule has 5 atom stereocenters. The third kappa shape index (κ3) is 2.44. The van der Waals surface area contributed by atoms with Crippen LogP contribution in [0.1, 0.15) is 68.9 Å². The van der Waals surface area contributed by atoms with Crippen LogP contribution in [-0.2, 0) is 11.2 Å². The Hall–Kier alpha value is -1.51. The monoisotopic (exact) mass is 327 g/mol. The van der Waals surface area contributed by atoms with E-state index in [1.54, 1.807) is 0 Å². The van der Waals surface area contributed by atoms with Crippen molar-refractivity contribution >= 4 is 5.91 Å². The van der Waals surface area contributed by atoms with E-state index < -0.39 is 0 Å². The average Bonchev–Trinajstić information content (AvgIpc) is 2.89. The number of aromatic hydroxyl groups is 1. The molecule has 1 aromatic carbocycles. The third-order valence-electron chi connectivity index (χ3n) is 7.65. The van der Waals surface area contributed by atoms with Gasteiger partial charge in [0.1, 0.15) is 5.75 Å². The molecule has 3 nitrogen and oxygen atoms in total. The van der Waals surface area contributed by atoms with Gasteiger partial charge in [0.2, 0.25) is 5.91 Å². The Bertz CT molecular complexity index is 655. The second kappa shape index (κ2) is 5.79. The van der Waals surface area contributed by atoms with Gasteiger partial charge >= 0.3 is 0 Å². The van der Waals surface area contributed by atoms with Gasteiger partial charge in [0.15, 0.2) is 0 Å². The van der Waals surface area contributed by atoms with E-state index in [9.17, 15) is 9.90 Å². The van der Waals surface area contributed by atoms with Gasteiger partial charge in [-0.2, -0.15) is 0 Å². The maximum absolute atomic E-state index is 11.2. The number of primary amides is 1. The van der Waals surface area contributed by atoms with Gasteiger partial charge in [-0.15, -0.1) is 0 Å². The van der Waals surface area contributed by atoms with Gasteiger partial charge < -0.3 is 10.8 Å². The van der Waals surface area contributed by atoms with Crippen molar-refractivity contribution in [2.24, 2.45) is 28.9 Å². The predicted molar refractivity (Wildman–Crippen MR) is 94.6 cm³/mol. The summed E-state index contributed by atoms with van der Waals surface area (Å²) >= 11 is 0. The first-order valence-electron chi connectivity index (χ1n) is 9.59. The second-order valence-corrected chi connectivity index (χ2v) is 8.62. The van der Waals surface area contributed by atoms with Gasteiger partial charge in [0.05, 0.1) is 0 Å². The molecular weight excluding hydrogens is 298 g/mol. The molecule has 3 aliphatic carbocycles. The molecule has 3 heteroatoms. The summed E-state index contributed by atoms with van der Waals surface area (Å²) in [7, 11) is 0. The van der Waals surface area contributed by atoms with Crippen molar-refractivity contribution in [1.29, 1.82) is 0 Å². The van der Waals surface area contributed by atoms with Gasteiger partial charge in [0.25, 0.3) is 0 Å². The number of phenols is 1. The normalized spacial score (nSPS) is 37.4. The Balaban J connectivity index is 1.57. The first-order chi connectivity index (χ1) is 11.5. The summed E-state index contributed by atoms with van der Waals surface area (Å²) in [5.41, 5.74) is 8.64. The van der Waals surface area contributed by atoms with E-state index in [0.29, 0.717) is 29.4 Å². The van der Waals surface area contributed by atoms with Gasteiger partial charge in [-0.05, 0) is 97.3 Å². The van der Waals surface area contributed by atoms with Gasteiger partial charge in [-0.1, -0.05) is 13.0 Å². The molecule has 1 amide bonds. The van der Waals surface area contributed by atoms with E-state index >= 15 is 0 Å². The van der Waals surface area contributed by atoms with Crippen molar-refractivity contribution in [3.8, 4) is 5.75 Å². The van der Waals surface area contributed by atoms with Crippen molar-refractivity contribution < 1.29 is 9.90 Å². The van der Waals surface area contributed by atoms with Crippen LogP contribution < -0.4 is 5.73 Å². The third-order valence-corrected chi connectivity index (χ3v) is 7.65. The van der Waals surface area contributed by atoms with Crippen LogP contribution in [-0.4, -0.2) is 11.0 Å². The average molecular weight is 327 g/mol. The van der Waals surface area contributed by atoms with E-state index in [4.69, 9.17) is 5.73 Å². The molecule has 3 N–H and O–H groups in total.